The molecule has 1 aliphatic heterocycles. The third-order valence-corrected chi connectivity index (χ3v) is 5.44. The Hall–Kier alpha value is -3.20. The first-order valence-corrected chi connectivity index (χ1v) is 9.90. The lowest BCUT2D eigenvalue weighted by molar-refractivity contribution is -0.384. The van der Waals surface area contributed by atoms with E-state index in [0.717, 1.165) is 10.2 Å². The first-order chi connectivity index (χ1) is 14.0. The molecule has 0 aliphatic carbocycles. The number of nitro groups is 1. The molecule has 2 heterocycles. The minimum absolute atomic E-state index is 0.0862. The van der Waals surface area contributed by atoms with Gasteiger partial charge in [-0.2, -0.15) is 5.10 Å². The fourth-order valence-corrected chi connectivity index (χ4v) is 3.65. The van der Waals surface area contributed by atoms with Gasteiger partial charge in [0.25, 0.3) is 11.6 Å². The fraction of sp³-hybridized carbons (Fsp3) is 0.200. The van der Waals surface area contributed by atoms with E-state index < -0.39 is 0 Å². The number of piperazine rings is 1. The number of benzene rings is 2. The van der Waals surface area contributed by atoms with Gasteiger partial charge < -0.3 is 9.80 Å². The first kappa shape index (κ1) is 19.1. The molecule has 3 aromatic rings. The number of para-hydroxylation sites is 2. The average Bonchev–Trinajstić information content (AvgIpc) is 3.24. The van der Waals surface area contributed by atoms with Gasteiger partial charge in [-0.05, 0) is 30.3 Å². The van der Waals surface area contributed by atoms with Gasteiger partial charge >= 0.3 is 0 Å². The van der Waals surface area contributed by atoms with Gasteiger partial charge in [-0.15, -0.1) is 0 Å². The van der Waals surface area contributed by atoms with Crippen molar-refractivity contribution >= 4 is 33.2 Å². The Morgan fingerprint density at radius 2 is 1.72 bits per heavy atom. The molecule has 1 fully saturated rings. The van der Waals surface area contributed by atoms with Crippen LogP contribution < -0.4 is 4.90 Å². The Labute approximate surface area is 175 Å². The summed E-state index contributed by atoms with van der Waals surface area (Å²) in [5.74, 6) is -0.0874. The molecule has 29 heavy (non-hydrogen) atoms. The van der Waals surface area contributed by atoms with Gasteiger partial charge in [0, 0.05) is 42.9 Å². The normalized spacial score (nSPS) is 14.1. The summed E-state index contributed by atoms with van der Waals surface area (Å²) in [5, 5.41) is 15.6. The molecule has 1 aliphatic rings. The van der Waals surface area contributed by atoms with Gasteiger partial charge in [-0.3, -0.25) is 14.9 Å². The summed E-state index contributed by atoms with van der Waals surface area (Å²) in [6.07, 6.45) is 3.29. The molecule has 0 saturated carbocycles. The maximum Gasteiger partial charge on any atom is 0.292 e. The molecule has 1 aromatic heterocycles. The summed E-state index contributed by atoms with van der Waals surface area (Å²) in [6.45, 7) is 2.07. The maximum absolute atomic E-state index is 12.9. The number of hydrogen-bond donors (Lipinski definition) is 0. The molecule has 0 atom stereocenters. The number of rotatable bonds is 4. The highest BCUT2D eigenvalue weighted by atomic mass is 79.9. The maximum atomic E-state index is 12.9. The summed E-state index contributed by atoms with van der Waals surface area (Å²) in [4.78, 5) is 27.5. The van der Waals surface area contributed by atoms with Crippen molar-refractivity contribution in [3.63, 3.8) is 0 Å². The first-order valence-electron chi connectivity index (χ1n) is 9.11. The third-order valence-electron chi connectivity index (χ3n) is 4.91. The highest BCUT2D eigenvalue weighted by Crippen LogP contribution is 2.28. The Balaban J connectivity index is 1.43. The Bertz CT molecular complexity index is 1040. The van der Waals surface area contributed by atoms with Gasteiger partial charge in [-0.25, -0.2) is 4.68 Å². The minimum atomic E-state index is -0.372. The second-order valence-corrected chi connectivity index (χ2v) is 7.59. The SMILES string of the molecule is O=C(c1cnn(-c2ccc(Br)cc2)c1)N1CCN(c2ccccc2[N+](=O)[O-])CC1. The standard InChI is InChI=1S/C20H18BrN5O3/c21-16-5-7-17(8-6-16)25-14-15(13-22-25)20(27)24-11-9-23(10-12-24)18-3-1-2-4-19(18)26(28)29/h1-8,13-14H,9-12H2. The number of halogens is 1. The molecule has 0 unspecified atom stereocenters. The predicted molar refractivity (Wildman–Crippen MR) is 112 cm³/mol. The topological polar surface area (TPSA) is 84.5 Å². The second-order valence-electron chi connectivity index (χ2n) is 6.68. The lowest BCUT2D eigenvalue weighted by atomic mass is 10.2. The van der Waals surface area contributed by atoms with E-state index in [-0.39, 0.29) is 16.5 Å². The monoisotopic (exact) mass is 455 g/mol. The van der Waals surface area contributed by atoms with Gasteiger partial charge in [0.15, 0.2) is 0 Å². The second kappa shape index (κ2) is 8.04. The van der Waals surface area contributed by atoms with Gasteiger partial charge in [0.1, 0.15) is 5.69 Å². The zero-order valence-corrected chi connectivity index (χ0v) is 17.0. The van der Waals surface area contributed by atoms with Crippen molar-refractivity contribution in [3.8, 4) is 5.69 Å². The molecule has 1 saturated heterocycles. The molecule has 0 bridgehead atoms. The van der Waals surface area contributed by atoms with E-state index in [4.69, 9.17) is 0 Å². The van der Waals surface area contributed by atoms with Crippen LogP contribution in [0.3, 0.4) is 0 Å². The Morgan fingerprint density at radius 3 is 2.41 bits per heavy atom. The Morgan fingerprint density at radius 1 is 1.03 bits per heavy atom. The minimum Gasteiger partial charge on any atom is -0.362 e. The lowest BCUT2D eigenvalue weighted by Crippen LogP contribution is -2.48. The highest BCUT2D eigenvalue weighted by Gasteiger charge is 2.26. The van der Waals surface area contributed by atoms with Crippen molar-refractivity contribution in [2.75, 3.05) is 31.1 Å². The van der Waals surface area contributed by atoms with Crippen molar-refractivity contribution in [2.24, 2.45) is 0 Å². The molecular formula is C20H18BrN5O3. The van der Waals surface area contributed by atoms with E-state index in [9.17, 15) is 14.9 Å². The molecular weight excluding hydrogens is 438 g/mol. The van der Waals surface area contributed by atoms with Crippen LogP contribution in [0.2, 0.25) is 0 Å². The molecule has 9 heteroatoms. The highest BCUT2D eigenvalue weighted by molar-refractivity contribution is 9.10. The van der Waals surface area contributed by atoms with Crippen molar-refractivity contribution < 1.29 is 9.72 Å². The smallest absolute Gasteiger partial charge is 0.292 e. The molecule has 1 amide bonds. The predicted octanol–water partition coefficient (Wildman–Crippen LogP) is 3.51. The van der Waals surface area contributed by atoms with Crippen LogP contribution in [0.25, 0.3) is 5.69 Å². The summed E-state index contributed by atoms with van der Waals surface area (Å²) in [6, 6.07) is 14.4. The van der Waals surface area contributed by atoms with E-state index in [1.54, 1.807) is 40.2 Å². The fourth-order valence-electron chi connectivity index (χ4n) is 3.39. The zero-order chi connectivity index (χ0) is 20.4. The number of anilines is 1. The Kier molecular flexibility index (Phi) is 5.30. The number of nitrogens with zero attached hydrogens (tertiary/aromatic N) is 5. The van der Waals surface area contributed by atoms with Crippen molar-refractivity contribution in [1.82, 2.24) is 14.7 Å². The molecule has 148 valence electrons. The van der Waals surface area contributed by atoms with Crippen LogP contribution in [0.1, 0.15) is 10.4 Å². The number of carbonyl (C=O) groups is 1. The van der Waals surface area contributed by atoms with E-state index in [0.29, 0.717) is 37.4 Å². The number of nitro benzene ring substituents is 1. The van der Waals surface area contributed by atoms with E-state index in [2.05, 4.69) is 21.0 Å². The van der Waals surface area contributed by atoms with Crippen LogP contribution in [-0.4, -0.2) is 51.7 Å². The van der Waals surface area contributed by atoms with Crippen LogP contribution >= 0.6 is 15.9 Å². The van der Waals surface area contributed by atoms with Crippen LogP contribution in [-0.2, 0) is 0 Å². The third kappa shape index (κ3) is 4.00. The van der Waals surface area contributed by atoms with Gasteiger partial charge in [-0.1, -0.05) is 28.1 Å². The summed E-state index contributed by atoms with van der Waals surface area (Å²) < 4.78 is 2.64. The van der Waals surface area contributed by atoms with E-state index in [1.165, 1.54) is 6.07 Å². The molecule has 2 aromatic carbocycles. The molecule has 8 nitrogen and oxygen atoms in total. The van der Waals surface area contributed by atoms with E-state index >= 15 is 0 Å². The number of aromatic nitrogens is 2. The number of amides is 1. The average molecular weight is 456 g/mol. The van der Waals surface area contributed by atoms with Gasteiger partial charge in [0.05, 0.1) is 22.4 Å². The zero-order valence-electron chi connectivity index (χ0n) is 15.4. The summed E-state index contributed by atoms with van der Waals surface area (Å²) in [7, 11) is 0. The van der Waals surface area contributed by atoms with E-state index in [1.807, 2.05) is 29.2 Å². The lowest BCUT2D eigenvalue weighted by Gasteiger charge is -2.35. The summed E-state index contributed by atoms with van der Waals surface area (Å²) in [5.41, 5.74) is 2.07. The van der Waals surface area contributed by atoms with Crippen LogP contribution in [0, 0.1) is 10.1 Å². The van der Waals surface area contributed by atoms with Crippen molar-refractivity contribution in [2.45, 2.75) is 0 Å². The largest absolute Gasteiger partial charge is 0.362 e. The number of carbonyl (C=O) groups excluding carboxylic acids is 1. The van der Waals surface area contributed by atoms with Gasteiger partial charge in [0.2, 0.25) is 0 Å². The quantitative estimate of drug-likeness (QED) is 0.443. The molecule has 0 N–H and O–H groups in total. The van der Waals surface area contributed by atoms with Crippen LogP contribution in [0.15, 0.2) is 65.4 Å². The molecule has 4 rings (SSSR count). The summed E-state index contributed by atoms with van der Waals surface area (Å²) >= 11 is 3.40. The number of hydrogen-bond acceptors (Lipinski definition) is 5. The van der Waals surface area contributed by atoms with Crippen molar-refractivity contribution in [3.05, 3.63) is 81.1 Å². The molecule has 0 radical (unpaired) electrons. The molecule has 0 spiro atoms. The van der Waals surface area contributed by atoms with Crippen LogP contribution in [0.5, 0.6) is 0 Å². The van der Waals surface area contributed by atoms with Crippen molar-refractivity contribution in [1.29, 1.82) is 0 Å². The van der Waals surface area contributed by atoms with Crippen LogP contribution in [0.4, 0.5) is 11.4 Å².